The second-order valence-corrected chi connectivity index (χ2v) is 5.28. The highest BCUT2D eigenvalue weighted by Crippen LogP contribution is 2.12. The van der Waals surface area contributed by atoms with Crippen LogP contribution in [0.15, 0.2) is 61.1 Å². The van der Waals surface area contributed by atoms with Crippen LogP contribution in [-0.2, 0) is 12.8 Å². The van der Waals surface area contributed by atoms with E-state index in [2.05, 4.69) is 32.4 Å². The average Bonchev–Trinajstić information content (AvgIpc) is 2.61. The third-order valence-corrected chi connectivity index (χ3v) is 3.55. The first-order valence-corrected chi connectivity index (χ1v) is 7.59. The summed E-state index contributed by atoms with van der Waals surface area (Å²) >= 11 is 0. The van der Waals surface area contributed by atoms with Crippen molar-refractivity contribution in [1.29, 1.82) is 0 Å². The first-order chi connectivity index (χ1) is 11.7. The zero-order chi connectivity index (χ0) is 16.8. The summed E-state index contributed by atoms with van der Waals surface area (Å²) in [5, 5.41) is 2.71. The summed E-state index contributed by atoms with van der Waals surface area (Å²) < 4.78 is 0. The van der Waals surface area contributed by atoms with Gasteiger partial charge in [0.1, 0.15) is 5.82 Å². The molecule has 24 heavy (non-hydrogen) atoms. The van der Waals surface area contributed by atoms with Gasteiger partial charge in [-0.05, 0) is 36.1 Å². The average molecular weight is 319 g/mol. The van der Waals surface area contributed by atoms with E-state index in [-0.39, 0.29) is 11.5 Å². The van der Waals surface area contributed by atoms with E-state index in [1.54, 1.807) is 6.20 Å². The van der Waals surface area contributed by atoms with Crippen molar-refractivity contribution >= 4 is 17.5 Å². The van der Waals surface area contributed by atoms with E-state index in [4.69, 9.17) is 5.73 Å². The summed E-state index contributed by atoms with van der Waals surface area (Å²) in [6.45, 7) is 0. The number of carbonyl (C=O) groups is 1. The van der Waals surface area contributed by atoms with E-state index in [0.717, 1.165) is 18.4 Å². The standard InChI is InChI=1S/C18H17N5O/c19-17-16(21-10-11-22-17)18(24)23-15-12-14(8-9-20-15)7-6-13-4-2-1-3-5-13/h1-5,8-12H,6-7H2,(H2,19,22)(H,20,23,24). The molecule has 0 bridgehead atoms. The van der Waals surface area contributed by atoms with E-state index < -0.39 is 5.91 Å². The van der Waals surface area contributed by atoms with Crippen molar-refractivity contribution in [3.8, 4) is 0 Å². The van der Waals surface area contributed by atoms with Crippen molar-refractivity contribution in [3.63, 3.8) is 0 Å². The van der Waals surface area contributed by atoms with E-state index in [1.165, 1.54) is 18.0 Å². The molecule has 120 valence electrons. The number of nitrogens with two attached hydrogens (primary N) is 1. The zero-order valence-corrected chi connectivity index (χ0v) is 13.0. The Morgan fingerprint density at radius 1 is 0.917 bits per heavy atom. The van der Waals surface area contributed by atoms with Gasteiger partial charge >= 0.3 is 0 Å². The number of aryl methyl sites for hydroxylation is 2. The minimum Gasteiger partial charge on any atom is -0.382 e. The molecule has 0 unspecified atom stereocenters. The molecule has 0 aliphatic carbocycles. The molecule has 1 amide bonds. The fourth-order valence-electron chi connectivity index (χ4n) is 2.33. The monoisotopic (exact) mass is 319 g/mol. The smallest absolute Gasteiger partial charge is 0.279 e. The predicted molar refractivity (Wildman–Crippen MR) is 92.5 cm³/mol. The summed E-state index contributed by atoms with van der Waals surface area (Å²) in [5.74, 6) is 0.138. The number of hydrogen-bond acceptors (Lipinski definition) is 5. The van der Waals surface area contributed by atoms with Crippen LogP contribution in [0.1, 0.15) is 21.6 Å². The molecule has 2 aromatic heterocycles. The van der Waals surface area contributed by atoms with Crippen LogP contribution in [0.4, 0.5) is 11.6 Å². The zero-order valence-electron chi connectivity index (χ0n) is 13.0. The van der Waals surface area contributed by atoms with Crippen LogP contribution in [0.2, 0.25) is 0 Å². The molecule has 1 aromatic carbocycles. The maximum Gasteiger partial charge on any atom is 0.279 e. The van der Waals surface area contributed by atoms with Crippen molar-refractivity contribution in [2.45, 2.75) is 12.8 Å². The van der Waals surface area contributed by atoms with Gasteiger partial charge in [0.15, 0.2) is 11.5 Å². The summed E-state index contributed by atoms with van der Waals surface area (Å²) in [5.41, 5.74) is 8.12. The third-order valence-electron chi connectivity index (χ3n) is 3.55. The largest absolute Gasteiger partial charge is 0.382 e. The molecule has 0 aliphatic rings. The molecule has 0 saturated carbocycles. The molecule has 0 atom stereocenters. The van der Waals surface area contributed by atoms with Gasteiger partial charge in [-0.3, -0.25) is 4.79 Å². The molecule has 3 N–H and O–H groups in total. The second kappa shape index (κ2) is 7.32. The predicted octanol–water partition coefficient (Wildman–Crippen LogP) is 2.49. The molecule has 6 nitrogen and oxygen atoms in total. The Balaban J connectivity index is 1.67. The maximum atomic E-state index is 12.2. The van der Waals surface area contributed by atoms with Crippen LogP contribution in [0.25, 0.3) is 0 Å². The van der Waals surface area contributed by atoms with E-state index in [0.29, 0.717) is 5.82 Å². The molecule has 0 radical (unpaired) electrons. The minimum absolute atomic E-state index is 0.0917. The summed E-state index contributed by atoms with van der Waals surface area (Å²) in [4.78, 5) is 24.2. The molecule has 3 aromatic rings. The Bertz CT molecular complexity index is 836. The topological polar surface area (TPSA) is 93.8 Å². The van der Waals surface area contributed by atoms with E-state index in [9.17, 15) is 4.79 Å². The first-order valence-electron chi connectivity index (χ1n) is 7.59. The molecule has 0 fully saturated rings. The van der Waals surface area contributed by atoms with Gasteiger partial charge < -0.3 is 11.1 Å². The minimum atomic E-state index is -0.423. The molecule has 6 heteroatoms. The number of nitrogens with zero attached hydrogens (tertiary/aromatic N) is 3. The molecule has 0 aliphatic heterocycles. The van der Waals surface area contributed by atoms with Crippen molar-refractivity contribution < 1.29 is 4.79 Å². The highest BCUT2D eigenvalue weighted by molar-refractivity contribution is 6.05. The van der Waals surface area contributed by atoms with Gasteiger partial charge in [0, 0.05) is 18.6 Å². The Morgan fingerprint density at radius 2 is 1.67 bits per heavy atom. The molecule has 2 heterocycles. The van der Waals surface area contributed by atoms with Gasteiger partial charge in [0.25, 0.3) is 5.91 Å². The van der Waals surface area contributed by atoms with Crippen molar-refractivity contribution in [2.75, 3.05) is 11.1 Å². The lowest BCUT2D eigenvalue weighted by atomic mass is 10.1. The van der Waals surface area contributed by atoms with E-state index >= 15 is 0 Å². The Kier molecular flexibility index (Phi) is 4.76. The number of anilines is 2. The normalized spacial score (nSPS) is 10.3. The van der Waals surface area contributed by atoms with Crippen LogP contribution < -0.4 is 11.1 Å². The van der Waals surface area contributed by atoms with Gasteiger partial charge in [-0.25, -0.2) is 15.0 Å². The molecule has 3 rings (SSSR count). The Hall–Kier alpha value is -3.28. The number of pyridine rings is 1. The lowest BCUT2D eigenvalue weighted by Crippen LogP contribution is -2.17. The Morgan fingerprint density at radius 3 is 2.46 bits per heavy atom. The quantitative estimate of drug-likeness (QED) is 0.753. The SMILES string of the molecule is Nc1nccnc1C(=O)Nc1cc(CCc2ccccc2)ccn1. The number of amides is 1. The fourth-order valence-corrected chi connectivity index (χ4v) is 2.33. The molecular weight excluding hydrogens is 302 g/mol. The Labute approximate surface area is 139 Å². The van der Waals surface area contributed by atoms with Crippen LogP contribution in [0.5, 0.6) is 0 Å². The fraction of sp³-hybridized carbons (Fsp3) is 0.111. The number of nitrogens with one attached hydrogen (secondary N) is 1. The van der Waals surface area contributed by atoms with Crippen molar-refractivity contribution in [1.82, 2.24) is 15.0 Å². The molecular formula is C18H17N5O. The number of hydrogen-bond donors (Lipinski definition) is 2. The number of aromatic nitrogens is 3. The van der Waals surface area contributed by atoms with Gasteiger partial charge in [-0.1, -0.05) is 30.3 Å². The molecule has 0 spiro atoms. The van der Waals surface area contributed by atoms with E-state index in [1.807, 2.05) is 30.3 Å². The molecule has 0 saturated heterocycles. The highest BCUT2D eigenvalue weighted by Gasteiger charge is 2.12. The summed E-state index contributed by atoms with van der Waals surface area (Å²) in [6, 6.07) is 14.0. The van der Waals surface area contributed by atoms with Gasteiger partial charge in [-0.2, -0.15) is 0 Å². The van der Waals surface area contributed by atoms with Crippen LogP contribution >= 0.6 is 0 Å². The second-order valence-electron chi connectivity index (χ2n) is 5.28. The van der Waals surface area contributed by atoms with Crippen molar-refractivity contribution in [3.05, 3.63) is 77.9 Å². The summed E-state index contributed by atoms with van der Waals surface area (Å²) in [7, 11) is 0. The van der Waals surface area contributed by atoms with Crippen LogP contribution in [0.3, 0.4) is 0 Å². The lowest BCUT2D eigenvalue weighted by molar-refractivity contribution is 0.102. The van der Waals surface area contributed by atoms with Crippen molar-refractivity contribution in [2.24, 2.45) is 0 Å². The first kappa shape index (κ1) is 15.6. The van der Waals surface area contributed by atoms with Gasteiger partial charge in [0.05, 0.1) is 0 Å². The van der Waals surface area contributed by atoms with Crippen LogP contribution in [-0.4, -0.2) is 20.9 Å². The van der Waals surface area contributed by atoms with Crippen LogP contribution in [0, 0.1) is 0 Å². The summed E-state index contributed by atoms with van der Waals surface area (Å²) in [6.07, 6.45) is 6.33. The van der Waals surface area contributed by atoms with Gasteiger partial charge in [-0.15, -0.1) is 0 Å². The lowest BCUT2D eigenvalue weighted by Gasteiger charge is -2.07. The maximum absolute atomic E-state index is 12.2. The highest BCUT2D eigenvalue weighted by atomic mass is 16.2. The van der Waals surface area contributed by atoms with Gasteiger partial charge in [0.2, 0.25) is 0 Å². The number of nitrogen functional groups attached to an aromatic ring is 1. The third kappa shape index (κ3) is 3.92. The number of rotatable bonds is 5. The number of benzene rings is 1. The number of carbonyl (C=O) groups excluding carboxylic acids is 1.